The fourth-order valence-corrected chi connectivity index (χ4v) is 3.85. The van der Waals surface area contributed by atoms with Gasteiger partial charge >= 0.3 is 0 Å². The van der Waals surface area contributed by atoms with E-state index in [4.69, 9.17) is 0 Å². The number of benzene rings is 1. The molecular weight excluding hydrogens is 238 g/mol. The van der Waals surface area contributed by atoms with Crippen LogP contribution in [0.1, 0.15) is 5.56 Å². The third kappa shape index (κ3) is 3.52. The fourth-order valence-electron chi connectivity index (χ4n) is 2.07. The Morgan fingerprint density at radius 3 is 2.53 bits per heavy atom. The third-order valence-electron chi connectivity index (χ3n) is 2.99. The summed E-state index contributed by atoms with van der Waals surface area (Å²) in [7, 11) is -3.05. The van der Waals surface area contributed by atoms with Crippen molar-refractivity contribution < 1.29 is 13.5 Å². The first kappa shape index (κ1) is 12.5. The van der Waals surface area contributed by atoms with Crippen LogP contribution in [-0.4, -0.2) is 43.7 Å². The van der Waals surface area contributed by atoms with Crippen LogP contribution in [0.25, 0.3) is 0 Å². The van der Waals surface area contributed by atoms with Gasteiger partial charge in [0, 0.05) is 6.04 Å². The number of nitrogens with one attached hydrogen (secondary N) is 1. The summed E-state index contributed by atoms with van der Waals surface area (Å²) < 4.78 is 22.6. The monoisotopic (exact) mass is 255 g/mol. The normalized spacial score (nSPS) is 27.1. The van der Waals surface area contributed by atoms with E-state index in [2.05, 4.69) is 5.32 Å². The van der Waals surface area contributed by atoms with E-state index < -0.39 is 15.9 Å². The molecule has 17 heavy (non-hydrogen) atoms. The highest BCUT2D eigenvalue weighted by atomic mass is 32.2. The zero-order chi connectivity index (χ0) is 12.3. The van der Waals surface area contributed by atoms with E-state index in [1.165, 1.54) is 5.56 Å². The van der Waals surface area contributed by atoms with Gasteiger partial charge in [-0.2, -0.15) is 0 Å². The lowest BCUT2D eigenvalue weighted by atomic mass is 10.1. The molecule has 94 valence electrons. The summed E-state index contributed by atoms with van der Waals surface area (Å²) in [5.74, 6) is -0.0705. The summed E-state index contributed by atoms with van der Waals surface area (Å²) in [4.78, 5) is 0. The minimum atomic E-state index is -3.05. The molecule has 1 aromatic rings. The molecule has 2 N–H and O–H groups in total. The Labute approximate surface area is 102 Å². The van der Waals surface area contributed by atoms with E-state index in [1.807, 2.05) is 30.3 Å². The zero-order valence-corrected chi connectivity index (χ0v) is 10.4. The Hall–Kier alpha value is -0.910. The second kappa shape index (κ2) is 5.16. The minimum Gasteiger partial charge on any atom is -0.390 e. The van der Waals surface area contributed by atoms with E-state index in [0.29, 0.717) is 6.54 Å². The van der Waals surface area contributed by atoms with Crippen LogP contribution in [0.3, 0.4) is 0 Å². The molecule has 0 bridgehead atoms. The molecule has 0 amide bonds. The van der Waals surface area contributed by atoms with E-state index in [-0.39, 0.29) is 17.5 Å². The molecule has 2 rings (SSSR count). The maximum Gasteiger partial charge on any atom is 0.154 e. The molecule has 0 aliphatic carbocycles. The second-order valence-electron chi connectivity index (χ2n) is 4.44. The fraction of sp³-hybridized carbons (Fsp3) is 0.500. The van der Waals surface area contributed by atoms with Crippen LogP contribution in [0.15, 0.2) is 30.3 Å². The molecule has 1 aliphatic heterocycles. The quantitative estimate of drug-likeness (QED) is 0.793. The summed E-state index contributed by atoms with van der Waals surface area (Å²) >= 11 is 0. The molecule has 0 unspecified atom stereocenters. The average molecular weight is 255 g/mol. The summed E-state index contributed by atoms with van der Waals surface area (Å²) in [5.41, 5.74) is 1.20. The molecule has 1 aliphatic rings. The van der Waals surface area contributed by atoms with Gasteiger partial charge in [0.25, 0.3) is 0 Å². The molecule has 0 aromatic heterocycles. The van der Waals surface area contributed by atoms with E-state index >= 15 is 0 Å². The lowest BCUT2D eigenvalue weighted by Gasteiger charge is -2.14. The van der Waals surface area contributed by atoms with Gasteiger partial charge in [0.05, 0.1) is 17.6 Å². The Morgan fingerprint density at radius 1 is 1.24 bits per heavy atom. The van der Waals surface area contributed by atoms with Crippen LogP contribution in [0.2, 0.25) is 0 Å². The highest BCUT2D eigenvalue weighted by Gasteiger charge is 2.35. The molecule has 2 atom stereocenters. The van der Waals surface area contributed by atoms with Gasteiger partial charge in [0.2, 0.25) is 0 Å². The molecule has 0 radical (unpaired) electrons. The Balaban J connectivity index is 1.80. The van der Waals surface area contributed by atoms with Gasteiger partial charge in [0.1, 0.15) is 0 Å². The van der Waals surface area contributed by atoms with Crippen molar-refractivity contribution in [3.05, 3.63) is 35.9 Å². The number of hydrogen-bond donors (Lipinski definition) is 2. The van der Waals surface area contributed by atoms with Gasteiger partial charge in [-0.1, -0.05) is 30.3 Å². The Morgan fingerprint density at radius 2 is 1.94 bits per heavy atom. The zero-order valence-electron chi connectivity index (χ0n) is 9.54. The highest BCUT2D eigenvalue weighted by Crippen LogP contribution is 2.12. The van der Waals surface area contributed by atoms with Gasteiger partial charge in [-0.15, -0.1) is 0 Å². The standard InChI is InChI=1S/C12H17NO3S/c14-12-9-17(15,16)8-11(12)13-7-6-10-4-2-1-3-5-10/h1-5,11-14H,6-9H2/t11-,12-/m0/s1. The first-order valence-corrected chi connectivity index (χ1v) is 7.55. The van der Waals surface area contributed by atoms with E-state index in [1.54, 1.807) is 0 Å². The number of hydrogen-bond acceptors (Lipinski definition) is 4. The summed E-state index contributed by atoms with van der Waals surface area (Å²) in [6, 6.07) is 9.66. The van der Waals surface area contributed by atoms with Gasteiger partial charge in [-0.3, -0.25) is 0 Å². The van der Waals surface area contributed by atoms with Crippen molar-refractivity contribution in [3.8, 4) is 0 Å². The molecule has 1 fully saturated rings. The second-order valence-corrected chi connectivity index (χ2v) is 6.59. The van der Waals surface area contributed by atoms with Crippen LogP contribution < -0.4 is 5.32 Å². The van der Waals surface area contributed by atoms with Crippen molar-refractivity contribution in [1.29, 1.82) is 0 Å². The van der Waals surface area contributed by atoms with Gasteiger partial charge in [-0.05, 0) is 18.5 Å². The maximum absolute atomic E-state index is 11.3. The van der Waals surface area contributed by atoms with Crippen LogP contribution in [-0.2, 0) is 16.3 Å². The smallest absolute Gasteiger partial charge is 0.154 e. The van der Waals surface area contributed by atoms with Gasteiger partial charge in [0.15, 0.2) is 9.84 Å². The highest BCUT2D eigenvalue weighted by molar-refractivity contribution is 7.91. The lowest BCUT2D eigenvalue weighted by molar-refractivity contribution is 0.166. The van der Waals surface area contributed by atoms with Crippen LogP contribution in [0.5, 0.6) is 0 Å². The topological polar surface area (TPSA) is 66.4 Å². The molecule has 1 heterocycles. The third-order valence-corrected chi connectivity index (χ3v) is 4.70. The maximum atomic E-state index is 11.3. The molecule has 4 nitrogen and oxygen atoms in total. The molecule has 0 saturated carbocycles. The van der Waals surface area contributed by atoms with Crippen molar-refractivity contribution in [2.24, 2.45) is 0 Å². The Kier molecular flexibility index (Phi) is 3.81. The summed E-state index contributed by atoms with van der Waals surface area (Å²) in [6.07, 6.45) is 0.0696. The van der Waals surface area contributed by atoms with Crippen molar-refractivity contribution in [2.45, 2.75) is 18.6 Å². The van der Waals surface area contributed by atoms with Crippen LogP contribution >= 0.6 is 0 Å². The molecule has 1 saturated heterocycles. The largest absolute Gasteiger partial charge is 0.390 e. The SMILES string of the molecule is O=S1(=O)C[C@H](NCCc2ccccc2)[C@@H](O)C1. The van der Waals surface area contributed by atoms with Crippen LogP contribution in [0, 0.1) is 0 Å². The number of rotatable bonds is 4. The molecular formula is C12H17NO3S. The summed E-state index contributed by atoms with van der Waals surface area (Å²) in [6.45, 7) is 0.682. The number of aliphatic hydroxyl groups excluding tert-OH is 1. The molecule has 5 heteroatoms. The van der Waals surface area contributed by atoms with Crippen molar-refractivity contribution >= 4 is 9.84 Å². The molecule has 0 spiro atoms. The van der Waals surface area contributed by atoms with E-state index in [0.717, 1.165) is 6.42 Å². The van der Waals surface area contributed by atoms with E-state index in [9.17, 15) is 13.5 Å². The Bertz CT molecular complexity index is 458. The van der Waals surface area contributed by atoms with Gasteiger partial charge in [-0.25, -0.2) is 8.42 Å². The average Bonchev–Trinajstić information content (AvgIpc) is 2.53. The van der Waals surface area contributed by atoms with Crippen molar-refractivity contribution in [3.63, 3.8) is 0 Å². The summed E-state index contributed by atoms with van der Waals surface area (Å²) in [5, 5.41) is 12.7. The van der Waals surface area contributed by atoms with Crippen molar-refractivity contribution in [2.75, 3.05) is 18.1 Å². The predicted molar refractivity (Wildman–Crippen MR) is 66.6 cm³/mol. The van der Waals surface area contributed by atoms with Crippen molar-refractivity contribution in [1.82, 2.24) is 5.32 Å². The van der Waals surface area contributed by atoms with Crippen LogP contribution in [0.4, 0.5) is 0 Å². The predicted octanol–water partition coefficient (Wildman–Crippen LogP) is -0.0234. The first-order chi connectivity index (χ1) is 8.07. The lowest BCUT2D eigenvalue weighted by Crippen LogP contribution is -2.39. The van der Waals surface area contributed by atoms with Gasteiger partial charge < -0.3 is 10.4 Å². The molecule has 1 aromatic carbocycles. The first-order valence-electron chi connectivity index (χ1n) is 5.73. The number of sulfone groups is 1. The number of aliphatic hydroxyl groups is 1. The minimum absolute atomic E-state index is 0.0446.